The molecule has 0 amide bonds. The maximum absolute atomic E-state index is 13.1. The maximum atomic E-state index is 13.1. The number of hydrogen-bond donors (Lipinski definition) is 0. The highest BCUT2D eigenvalue weighted by atomic mass is 16.2. The molecule has 0 bridgehead atoms. The van der Waals surface area contributed by atoms with Crippen molar-refractivity contribution >= 4 is 23.4 Å². The number of carbonyl (C=O) groups is 3. The summed E-state index contributed by atoms with van der Waals surface area (Å²) in [6, 6.07) is 13.2. The van der Waals surface area contributed by atoms with E-state index in [1.807, 2.05) is 57.2 Å². The van der Waals surface area contributed by atoms with Crippen LogP contribution in [-0.2, 0) is 20.8 Å². The smallest absolute Gasteiger partial charge is 0.151 e. The SMILES string of the molecule is C/C=C/c1cc(C)c(C2C(=O)CC(CC(=O)CCc3ccc(C#N)cc3)C2=O)c(C)c1. The fraction of sp³-hybridized carbons (Fsp3) is 0.333. The van der Waals surface area contributed by atoms with E-state index in [0.717, 1.165) is 27.8 Å². The molecule has 4 heteroatoms. The number of allylic oxidation sites excluding steroid dienone is 1. The van der Waals surface area contributed by atoms with Gasteiger partial charge in [0, 0.05) is 25.2 Å². The highest BCUT2D eigenvalue weighted by Gasteiger charge is 2.43. The lowest BCUT2D eigenvalue weighted by Crippen LogP contribution is -2.19. The summed E-state index contributed by atoms with van der Waals surface area (Å²) >= 11 is 0. The van der Waals surface area contributed by atoms with E-state index >= 15 is 0 Å². The summed E-state index contributed by atoms with van der Waals surface area (Å²) in [5.41, 5.74) is 5.29. The van der Waals surface area contributed by atoms with E-state index in [0.29, 0.717) is 18.4 Å². The molecule has 1 fully saturated rings. The lowest BCUT2D eigenvalue weighted by Gasteiger charge is -2.16. The van der Waals surface area contributed by atoms with Crippen molar-refractivity contribution in [2.75, 3.05) is 0 Å². The molecule has 0 aliphatic heterocycles. The van der Waals surface area contributed by atoms with Gasteiger partial charge >= 0.3 is 0 Å². The first-order valence-corrected chi connectivity index (χ1v) is 10.6. The Bertz CT molecular complexity index is 1060. The van der Waals surface area contributed by atoms with Crippen LogP contribution in [0.4, 0.5) is 0 Å². The highest BCUT2D eigenvalue weighted by Crippen LogP contribution is 2.37. The van der Waals surface area contributed by atoms with Gasteiger partial charge in [0.05, 0.1) is 11.6 Å². The average molecular weight is 414 g/mol. The second-order valence-electron chi connectivity index (χ2n) is 8.32. The summed E-state index contributed by atoms with van der Waals surface area (Å²) < 4.78 is 0. The zero-order chi connectivity index (χ0) is 22.5. The van der Waals surface area contributed by atoms with Crippen LogP contribution in [0.15, 0.2) is 42.5 Å². The third-order valence-electron chi connectivity index (χ3n) is 5.97. The van der Waals surface area contributed by atoms with Crippen LogP contribution in [0, 0.1) is 31.1 Å². The van der Waals surface area contributed by atoms with E-state index in [1.54, 1.807) is 12.1 Å². The van der Waals surface area contributed by atoms with Gasteiger partial charge in [-0.05, 0) is 67.1 Å². The molecule has 3 rings (SSSR count). The molecular formula is C27H27NO3. The van der Waals surface area contributed by atoms with Crippen molar-refractivity contribution in [1.82, 2.24) is 0 Å². The van der Waals surface area contributed by atoms with Crippen molar-refractivity contribution in [1.29, 1.82) is 5.26 Å². The molecule has 2 atom stereocenters. The summed E-state index contributed by atoms with van der Waals surface area (Å²) in [4.78, 5) is 38.4. The molecule has 31 heavy (non-hydrogen) atoms. The minimum absolute atomic E-state index is 0.00645. The monoisotopic (exact) mass is 413 g/mol. The van der Waals surface area contributed by atoms with E-state index in [9.17, 15) is 14.4 Å². The Morgan fingerprint density at radius 3 is 2.35 bits per heavy atom. The van der Waals surface area contributed by atoms with E-state index in [-0.39, 0.29) is 30.2 Å². The summed E-state index contributed by atoms with van der Waals surface area (Å²) in [5.74, 6) is -1.49. The highest BCUT2D eigenvalue weighted by molar-refractivity contribution is 6.15. The molecule has 158 valence electrons. The van der Waals surface area contributed by atoms with Gasteiger partial charge < -0.3 is 0 Å². The number of rotatable bonds is 7. The van der Waals surface area contributed by atoms with E-state index in [1.165, 1.54) is 0 Å². The van der Waals surface area contributed by atoms with Gasteiger partial charge in [-0.3, -0.25) is 14.4 Å². The van der Waals surface area contributed by atoms with E-state index in [4.69, 9.17) is 5.26 Å². The Kier molecular flexibility index (Phi) is 6.97. The van der Waals surface area contributed by atoms with Gasteiger partial charge in [-0.25, -0.2) is 0 Å². The summed E-state index contributed by atoms with van der Waals surface area (Å²) in [5, 5.41) is 8.86. The van der Waals surface area contributed by atoms with E-state index < -0.39 is 11.8 Å². The largest absolute Gasteiger partial charge is 0.300 e. The van der Waals surface area contributed by atoms with Crippen LogP contribution in [-0.4, -0.2) is 17.3 Å². The summed E-state index contributed by atoms with van der Waals surface area (Å²) in [6.07, 6.45) is 5.10. The van der Waals surface area contributed by atoms with Crippen LogP contribution in [0.3, 0.4) is 0 Å². The number of nitriles is 1. The number of ketones is 3. The molecule has 0 saturated heterocycles. The van der Waals surface area contributed by atoms with Gasteiger partial charge in [0.25, 0.3) is 0 Å². The molecule has 1 aliphatic carbocycles. The molecule has 2 unspecified atom stereocenters. The minimum Gasteiger partial charge on any atom is -0.300 e. The van der Waals surface area contributed by atoms with Crippen molar-refractivity contribution in [3.05, 3.63) is 75.9 Å². The molecule has 0 heterocycles. The predicted molar refractivity (Wildman–Crippen MR) is 121 cm³/mol. The Hall–Kier alpha value is -3.32. The second kappa shape index (κ2) is 9.66. The lowest BCUT2D eigenvalue weighted by atomic mass is 9.85. The van der Waals surface area contributed by atoms with Crippen molar-refractivity contribution < 1.29 is 14.4 Å². The normalized spacial score (nSPS) is 18.5. The van der Waals surface area contributed by atoms with E-state index in [2.05, 4.69) is 6.07 Å². The number of hydrogen-bond acceptors (Lipinski definition) is 4. The first kappa shape index (κ1) is 22.4. The van der Waals surface area contributed by atoms with Gasteiger partial charge in [-0.2, -0.15) is 5.26 Å². The summed E-state index contributed by atoms with van der Waals surface area (Å²) in [6.45, 7) is 5.82. The molecule has 2 aromatic rings. The van der Waals surface area contributed by atoms with Gasteiger partial charge in [-0.1, -0.05) is 36.4 Å². The van der Waals surface area contributed by atoms with Gasteiger partial charge in [0.1, 0.15) is 17.5 Å². The van der Waals surface area contributed by atoms with Crippen molar-refractivity contribution in [3.8, 4) is 6.07 Å². The Labute approximate surface area is 183 Å². The molecule has 0 radical (unpaired) electrons. The third-order valence-corrected chi connectivity index (χ3v) is 5.97. The molecule has 0 aromatic heterocycles. The second-order valence-corrected chi connectivity index (χ2v) is 8.32. The van der Waals surface area contributed by atoms with Crippen molar-refractivity contribution in [3.63, 3.8) is 0 Å². The summed E-state index contributed by atoms with van der Waals surface area (Å²) in [7, 11) is 0. The van der Waals surface area contributed by atoms with Crippen molar-refractivity contribution in [2.45, 2.75) is 52.4 Å². The van der Waals surface area contributed by atoms with Crippen LogP contribution in [0.2, 0.25) is 0 Å². The number of nitrogens with zero attached hydrogens (tertiary/aromatic N) is 1. The standard InChI is InChI=1S/C27H27NO3/c1-4-5-21-12-17(2)25(18(3)13-21)26-24(30)15-22(27(26)31)14-23(29)11-10-19-6-8-20(16-28)9-7-19/h4-9,12-13,22,26H,10-11,14-15H2,1-3H3/b5-4+. The van der Waals surface area contributed by atoms with Crippen molar-refractivity contribution in [2.24, 2.45) is 5.92 Å². The number of Topliss-reactive ketones (excluding diaryl/α,β-unsaturated/α-hetero) is 3. The Morgan fingerprint density at radius 1 is 1.13 bits per heavy atom. The van der Waals surface area contributed by atoms with Gasteiger partial charge in [0.15, 0.2) is 5.78 Å². The zero-order valence-electron chi connectivity index (χ0n) is 18.3. The van der Waals surface area contributed by atoms with Crippen LogP contribution in [0.1, 0.15) is 65.5 Å². The average Bonchev–Trinajstić information content (AvgIpc) is 3.00. The topological polar surface area (TPSA) is 75.0 Å². The number of benzene rings is 2. The third kappa shape index (κ3) is 5.06. The molecule has 1 aliphatic rings. The van der Waals surface area contributed by atoms with Crippen LogP contribution in [0.5, 0.6) is 0 Å². The number of carbonyl (C=O) groups excluding carboxylic acids is 3. The van der Waals surface area contributed by atoms with Crippen LogP contribution >= 0.6 is 0 Å². The van der Waals surface area contributed by atoms with Crippen LogP contribution < -0.4 is 0 Å². The predicted octanol–water partition coefficient (Wildman–Crippen LogP) is 5.04. The fourth-order valence-electron chi connectivity index (χ4n) is 4.49. The fourth-order valence-corrected chi connectivity index (χ4v) is 4.49. The molecule has 0 N–H and O–H groups in total. The molecule has 1 saturated carbocycles. The molecular weight excluding hydrogens is 386 g/mol. The Balaban J connectivity index is 1.67. The molecule has 4 nitrogen and oxygen atoms in total. The number of aryl methyl sites for hydroxylation is 3. The lowest BCUT2D eigenvalue weighted by molar-refractivity contribution is -0.127. The molecule has 2 aromatic carbocycles. The molecule has 0 spiro atoms. The van der Waals surface area contributed by atoms with Gasteiger partial charge in [-0.15, -0.1) is 0 Å². The first-order chi connectivity index (χ1) is 14.8. The Morgan fingerprint density at radius 2 is 1.77 bits per heavy atom. The quantitative estimate of drug-likeness (QED) is 0.596. The first-order valence-electron chi connectivity index (χ1n) is 10.6. The van der Waals surface area contributed by atoms with Crippen LogP contribution in [0.25, 0.3) is 6.08 Å². The zero-order valence-corrected chi connectivity index (χ0v) is 18.3. The van der Waals surface area contributed by atoms with Gasteiger partial charge in [0.2, 0.25) is 0 Å². The minimum atomic E-state index is -0.754. The maximum Gasteiger partial charge on any atom is 0.151 e.